The number of hydrogen-bond acceptors (Lipinski definition) is 3. The Bertz CT molecular complexity index is 494. The lowest BCUT2D eigenvalue weighted by molar-refractivity contribution is 0.0511. The van der Waals surface area contributed by atoms with Crippen molar-refractivity contribution >= 4 is 29.9 Å². The minimum atomic E-state index is 0. The van der Waals surface area contributed by atoms with Crippen molar-refractivity contribution in [3.05, 3.63) is 0 Å². The van der Waals surface area contributed by atoms with Gasteiger partial charge in [0, 0.05) is 50.3 Å². The third-order valence-corrected chi connectivity index (χ3v) is 6.60. The van der Waals surface area contributed by atoms with Gasteiger partial charge in [-0.1, -0.05) is 13.8 Å². The molecule has 0 aromatic carbocycles. The third kappa shape index (κ3) is 5.72. The summed E-state index contributed by atoms with van der Waals surface area (Å²) in [5, 5.41) is 3.54. The molecule has 3 aliphatic rings. The monoisotopic (exact) mass is 492 g/mol. The Morgan fingerprint density at radius 3 is 2.52 bits per heavy atom. The van der Waals surface area contributed by atoms with Gasteiger partial charge in [0.25, 0.3) is 0 Å². The van der Waals surface area contributed by atoms with Crippen molar-refractivity contribution in [2.75, 3.05) is 52.5 Å². The van der Waals surface area contributed by atoms with E-state index in [-0.39, 0.29) is 29.5 Å². The minimum Gasteiger partial charge on any atom is -0.381 e. The molecule has 3 fully saturated rings. The molecule has 0 bridgehead atoms. The Kier molecular flexibility index (Phi) is 8.26. The Morgan fingerprint density at radius 2 is 1.93 bits per heavy atom. The second-order valence-corrected chi connectivity index (χ2v) is 9.81. The van der Waals surface area contributed by atoms with E-state index in [0.717, 1.165) is 57.2 Å². The second kappa shape index (κ2) is 9.61. The zero-order valence-electron chi connectivity index (χ0n) is 18.1. The van der Waals surface area contributed by atoms with Gasteiger partial charge in [-0.2, -0.15) is 0 Å². The van der Waals surface area contributed by atoms with Crippen molar-refractivity contribution in [2.24, 2.45) is 22.2 Å². The molecule has 27 heavy (non-hydrogen) atoms. The highest BCUT2D eigenvalue weighted by atomic mass is 127. The van der Waals surface area contributed by atoms with Crippen molar-refractivity contribution in [1.82, 2.24) is 15.1 Å². The van der Waals surface area contributed by atoms with Gasteiger partial charge in [-0.25, -0.2) is 0 Å². The van der Waals surface area contributed by atoms with Crippen LogP contribution in [0, 0.1) is 17.3 Å². The van der Waals surface area contributed by atoms with Crippen molar-refractivity contribution in [3.8, 4) is 0 Å². The van der Waals surface area contributed by atoms with Crippen LogP contribution in [0.15, 0.2) is 4.99 Å². The van der Waals surface area contributed by atoms with Crippen LogP contribution in [0.5, 0.6) is 0 Å². The summed E-state index contributed by atoms with van der Waals surface area (Å²) in [4.78, 5) is 10.2. The van der Waals surface area contributed by atoms with Crippen LogP contribution in [0.4, 0.5) is 0 Å². The van der Waals surface area contributed by atoms with Crippen LogP contribution in [-0.2, 0) is 4.74 Å². The third-order valence-electron chi connectivity index (χ3n) is 6.60. The summed E-state index contributed by atoms with van der Waals surface area (Å²) in [6, 6.07) is 0. The second-order valence-electron chi connectivity index (χ2n) is 9.81. The average Bonchev–Trinajstić information content (AvgIpc) is 3.21. The first kappa shape index (κ1) is 23.2. The number of nitrogens with zero attached hydrogens (tertiary/aromatic N) is 3. The largest absolute Gasteiger partial charge is 0.381 e. The zero-order chi connectivity index (χ0) is 18.8. The Labute approximate surface area is 183 Å². The SMILES string of the molecule is CCNC(=NCC(C)(C)N1CC(C)CC(C)C1)N1CCC2(CCOC2)C1.I. The number of likely N-dealkylation sites (tertiary alicyclic amines) is 2. The maximum atomic E-state index is 5.69. The van der Waals surface area contributed by atoms with Crippen LogP contribution in [0.2, 0.25) is 0 Å². The summed E-state index contributed by atoms with van der Waals surface area (Å²) in [5.41, 5.74) is 0.487. The molecule has 0 aromatic heterocycles. The predicted molar refractivity (Wildman–Crippen MR) is 124 cm³/mol. The molecule has 5 nitrogen and oxygen atoms in total. The van der Waals surface area contributed by atoms with E-state index in [1.165, 1.54) is 32.4 Å². The molecule has 1 spiro atoms. The minimum absolute atomic E-state index is 0. The van der Waals surface area contributed by atoms with E-state index < -0.39 is 0 Å². The average molecular weight is 492 g/mol. The number of hydrogen-bond donors (Lipinski definition) is 1. The van der Waals surface area contributed by atoms with Crippen LogP contribution in [0.1, 0.15) is 53.9 Å². The number of piperidine rings is 1. The summed E-state index contributed by atoms with van der Waals surface area (Å²) in [6.45, 7) is 19.9. The smallest absolute Gasteiger partial charge is 0.194 e. The standard InChI is InChI=1S/C21H40N4O.HI/c1-6-22-19(24-9-7-21(15-24)8-10-26-16-21)23-14-20(4,5)25-12-17(2)11-18(3)13-25;/h17-18H,6-16H2,1-5H3,(H,22,23);1H. The molecule has 3 saturated heterocycles. The van der Waals surface area contributed by atoms with Crippen LogP contribution in [0.3, 0.4) is 0 Å². The molecule has 6 heteroatoms. The highest BCUT2D eigenvalue weighted by Gasteiger charge is 2.42. The Balaban J connectivity index is 0.00000261. The summed E-state index contributed by atoms with van der Waals surface area (Å²) in [5.74, 6) is 2.68. The molecule has 1 N–H and O–H groups in total. The van der Waals surface area contributed by atoms with E-state index in [1.807, 2.05) is 0 Å². The van der Waals surface area contributed by atoms with Gasteiger partial charge in [0.05, 0.1) is 13.2 Å². The molecule has 3 unspecified atom stereocenters. The van der Waals surface area contributed by atoms with Gasteiger partial charge in [-0.3, -0.25) is 9.89 Å². The van der Waals surface area contributed by atoms with E-state index >= 15 is 0 Å². The maximum Gasteiger partial charge on any atom is 0.194 e. The van der Waals surface area contributed by atoms with Crippen molar-refractivity contribution in [1.29, 1.82) is 0 Å². The maximum absolute atomic E-state index is 5.69. The lowest BCUT2D eigenvalue weighted by Crippen LogP contribution is -2.53. The first-order valence-electron chi connectivity index (χ1n) is 10.7. The highest BCUT2D eigenvalue weighted by Crippen LogP contribution is 2.38. The molecule has 0 aliphatic carbocycles. The molecular weight excluding hydrogens is 451 g/mol. The van der Waals surface area contributed by atoms with E-state index in [2.05, 4.69) is 49.7 Å². The van der Waals surface area contributed by atoms with Crippen molar-refractivity contribution in [2.45, 2.75) is 59.4 Å². The van der Waals surface area contributed by atoms with Crippen LogP contribution >= 0.6 is 24.0 Å². The van der Waals surface area contributed by atoms with E-state index in [9.17, 15) is 0 Å². The first-order valence-corrected chi connectivity index (χ1v) is 10.7. The first-order chi connectivity index (χ1) is 12.3. The highest BCUT2D eigenvalue weighted by molar-refractivity contribution is 14.0. The molecule has 158 valence electrons. The van der Waals surface area contributed by atoms with Crippen molar-refractivity contribution in [3.63, 3.8) is 0 Å². The quantitative estimate of drug-likeness (QED) is 0.371. The summed E-state index contributed by atoms with van der Waals surface area (Å²) in [6.07, 6.45) is 3.80. The van der Waals surface area contributed by atoms with Gasteiger partial charge in [0.2, 0.25) is 0 Å². The summed E-state index contributed by atoms with van der Waals surface area (Å²) >= 11 is 0. The Morgan fingerprint density at radius 1 is 1.22 bits per heavy atom. The molecule has 0 saturated carbocycles. The molecule has 3 heterocycles. The number of nitrogens with one attached hydrogen (secondary N) is 1. The van der Waals surface area contributed by atoms with E-state index in [4.69, 9.17) is 9.73 Å². The zero-order valence-corrected chi connectivity index (χ0v) is 20.4. The van der Waals surface area contributed by atoms with E-state index in [0.29, 0.717) is 5.41 Å². The molecule has 3 rings (SSSR count). The molecule has 0 amide bonds. The summed E-state index contributed by atoms with van der Waals surface area (Å²) < 4.78 is 5.69. The fraction of sp³-hybridized carbons (Fsp3) is 0.952. The van der Waals surface area contributed by atoms with Gasteiger partial charge in [-0.05, 0) is 51.9 Å². The topological polar surface area (TPSA) is 40.1 Å². The van der Waals surface area contributed by atoms with Gasteiger partial charge >= 0.3 is 0 Å². The van der Waals surface area contributed by atoms with Gasteiger partial charge in [0.1, 0.15) is 0 Å². The molecule has 3 aliphatic heterocycles. The van der Waals surface area contributed by atoms with Crippen LogP contribution in [-0.4, -0.2) is 73.8 Å². The molecule has 0 aromatic rings. The van der Waals surface area contributed by atoms with Gasteiger partial charge in [-0.15, -0.1) is 24.0 Å². The van der Waals surface area contributed by atoms with Crippen LogP contribution in [0.25, 0.3) is 0 Å². The van der Waals surface area contributed by atoms with Gasteiger partial charge in [0.15, 0.2) is 5.96 Å². The lowest BCUT2D eigenvalue weighted by Gasteiger charge is -2.44. The van der Waals surface area contributed by atoms with Gasteiger partial charge < -0.3 is 15.0 Å². The number of aliphatic imine (C=N–C) groups is 1. The molecular formula is C21H41IN4O. The predicted octanol–water partition coefficient (Wildman–Crippen LogP) is 3.44. The molecule has 3 atom stereocenters. The number of guanidine groups is 1. The summed E-state index contributed by atoms with van der Waals surface area (Å²) in [7, 11) is 0. The fourth-order valence-electron chi connectivity index (χ4n) is 5.04. The van der Waals surface area contributed by atoms with E-state index in [1.54, 1.807) is 0 Å². The Hall–Kier alpha value is -0.0800. The fourth-order valence-corrected chi connectivity index (χ4v) is 5.04. The number of rotatable bonds is 4. The van der Waals surface area contributed by atoms with Crippen LogP contribution < -0.4 is 5.32 Å². The normalized spacial score (nSPS) is 32.8. The molecule has 0 radical (unpaired) electrons. The number of ether oxygens (including phenoxy) is 1. The van der Waals surface area contributed by atoms with Crippen molar-refractivity contribution < 1.29 is 4.74 Å². The lowest BCUT2D eigenvalue weighted by atomic mass is 9.87. The number of halogens is 1.